The molecule has 0 unspecified atom stereocenters. The number of benzene rings is 2. The van der Waals surface area contributed by atoms with Crippen molar-refractivity contribution in [2.45, 2.75) is 6.92 Å². The van der Waals surface area contributed by atoms with Crippen LogP contribution in [0.3, 0.4) is 0 Å². The van der Waals surface area contributed by atoms with E-state index in [0.717, 1.165) is 0 Å². The number of aromatic hydroxyl groups is 2. The summed E-state index contributed by atoms with van der Waals surface area (Å²) in [7, 11) is 1.43. The highest BCUT2D eigenvalue weighted by Crippen LogP contribution is 2.32. The molecule has 6 heteroatoms. The van der Waals surface area contributed by atoms with Gasteiger partial charge in [0.15, 0.2) is 22.7 Å². The first kappa shape index (κ1) is 15.6. The number of carbonyl (C=O) groups is 1. The molecule has 3 rings (SSSR count). The minimum Gasteiger partial charge on any atom is -0.507 e. The lowest BCUT2D eigenvalue weighted by atomic mass is 10.1. The molecule has 0 saturated carbocycles. The largest absolute Gasteiger partial charge is 0.507 e. The minimum absolute atomic E-state index is 0.0599. The third kappa shape index (κ3) is 2.58. The van der Waals surface area contributed by atoms with Crippen LogP contribution in [-0.4, -0.2) is 23.1 Å². The van der Waals surface area contributed by atoms with Gasteiger partial charge in [-0.05, 0) is 31.2 Å². The van der Waals surface area contributed by atoms with Gasteiger partial charge in [0.05, 0.1) is 18.1 Å². The SMILES string of the molecule is COc1ccc(-c2cc(=O)c3cc(C(C)=O)c(O)cc3o2)cc1O. The number of phenolic OH excluding ortho intramolecular Hbond substituents is 2. The van der Waals surface area contributed by atoms with E-state index in [1.807, 2.05) is 0 Å². The van der Waals surface area contributed by atoms with Crippen LogP contribution in [0.4, 0.5) is 0 Å². The van der Waals surface area contributed by atoms with Crippen LogP contribution in [0.2, 0.25) is 0 Å². The first-order valence-corrected chi connectivity index (χ1v) is 7.10. The molecule has 3 aromatic rings. The Morgan fingerprint density at radius 3 is 2.46 bits per heavy atom. The van der Waals surface area contributed by atoms with Crippen LogP contribution >= 0.6 is 0 Å². The van der Waals surface area contributed by atoms with Gasteiger partial charge in [-0.3, -0.25) is 9.59 Å². The number of methoxy groups -OCH3 is 1. The fourth-order valence-corrected chi connectivity index (χ4v) is 2.46. The van der Waals surface area contributed by atoms with E-state index in [1.165, 1.54) is 38.3 Å². The molecule has 0 bridgehead atoms. The van der Waals surface area contributed by atoms with Crippen molar-refractivity contribution < 1.29 is 24.2 Å². The number of rotatable bonds is 3. The van der Waals surface area contributed by atoms with Gasteiger partial charge in [-0.1, -0.05) is 0 Å². The Morgan fingerprint density at radius 1 is 1.08 bits per heavy atom. The normalized spacial score (nSPS) is 10.8. The topological polar surface area (TPSA) is 97.0 Å². The highest BCUT2D eigenvalue weighted by atomic mass is 16.5. The van der Waals surface area contributed by atoms with Gasteiger partial charge < -0.3 is 19.4 Å². The van der Waals surface area contributed by atoms with Crippen molar-refractivity contribution in [1.29, 1.82) is 0 Å². The summed E-state index contributed by atoms with van der Waals surface area (Å²) in [6.07, 6.45) is 0. The molecule has 2 aromatic carbocycles. The Balaban J connectivity index is 2.21. The van der Waals surface area contributed by atoms with E-state index in [4.69, 9.17) is 9.15 Å². The van der Waals surface area contributed by atoms with Gasteiger partial charge in [0.1, 0.15) is 17.1 Å². The Labute approximate surface area is 136 Å². The van der Waals surface area contributed by atoms with Crippen LogP contribution in [0.5, 0.6) is 17.2 Å². The molecule has 6 nitrogen and oxygen atoms in total. The predicted molar refractivity (Wildman–Crippen MR) is 87.8 cm³/mol. The molecular formula is C18H14O6. The van der Waals surface area contributed by atoms with Gasteiger partial charge >= 0.3 is 0 Å². The summed E-state index contributed by atoms with van der Waals surface area (Å²) in [5, 5.41) is 20.0. The van der Waals surface area contributed by atoms with Crippen LogP contribution < -0.4 is 10.2 Å². The van der Waals surface area contributed by atoms with Gasteiger partial charge in [-0.2, -0.15) is 0 Å². The highest BCUT2D eigenvalue weighted by molar-refractivity contribution is 6.00. The number of phenols is 2. The Kier molecular flexibility index (Phi) is 3.73. The molecule has 0 aliphatic rings. The van der Waals surface area contributed by atoms with Gasteiger partial charge in [-0.25, -0.2) is 0 Å². The van der Waals surface area contributed by atoms with Crippen molar-refractivity contribution in [2.24, 2.45) is 0 Å². The molecule has 1 heterocycles. The summed E-state index contributed by atoms with van der Waals surface area (Å²) in [5.41, 5.74) is 0.325. The number of ketones is 1. The molecule has 0 atom stereocenters. The lowest BCUT2D eigenvalue weighted by Crippen LogP contribution is -2.03. The third-order valence-electron chi connectivity index (χ3n) is 3.69. The molecule has 0 fully saturated rings. The highest BCUT2D eigenvalue weighted by Gasteiger charge is 2.14. The molecule has 1 aromatic heterocycles. The van der Waals surface area contributed by atoms with Crippen LogP contribution in [0.25, 0.3) is 22.3 Å². The molecular weight excluding hydrogens is 312 g/mol. The zero-order valence-corrected chi connectivity index (χ0v) is 13.0. The summed E-state index contributed by atoms with van der Waals surface area (Å²) in [6.45, 7) is 1.30. The number of hydrogen-bond donors (Lipinski definition) is 2. The quantitative estimate of drug-likeness (QED) is 0.718. The monoisotopic (exact) mass is 326 g/mol. The number of hydrogen-bond acceptors (Lipinski definition) is 6. The summed E-state index contributed by atoms with van der Waals surface area (Å²) in [6, 6.07) is 8.41. The van der Waals surface area contributed by atoms with Crippen LogP contribution in [-0.2, 0) is 0 Å². The summed E-state index contributed by atoms with van der Waals surface area (Å²) < 4.78 is 10.6. The summed E-state index contributed by atoms with van der Waals surface area (Å²) >= 11 is 0. The fraction of sp³-hybridized carbons (Fsp3) is 0.111. The molecule has 0 aliphatic heterocycles. The van der Waals surface area contributed by atoms with Crippen molar-refractivity contribution in [3.8, 4) is 28.6 Å². The molecule has 0 spiro atoms. The van der Waals surface area contributed by atoms with Crippen LogP contribution in [0.15, 0.2) is 45.6 Å². The van der Waals surface area contributed by atoms with Crippen molar-refractivity contribution in [3.05, 3.63) is 52.2 Å². The average Bonchev–Trinajstić information content (AvgIpc) is 2.53. The van der Waals surface area contributed by atoms with E-state index in [1.54, 1.807) is 12.1 Å². The molecule has 0 amide bonds. The first-order chi connectivity index (χ1) is 11.4. The van der Waals surface area contributed by atoms with Gasteiger partial charge in [0.25, 0.3) is 0 Å². The zero-order valence-electron chi connectivity index (χ0n) is 13.0. The van der Waals surface area contributed by atoms with Crippen LogP contribution in [0.1, 0.15) is 17.3 Å². The smallest absolute Gasteiger partial charge is 0.193 e. The van der Waals surface area contributed by atoms with E-state index >= 15 is 0 Å². The number of carbonyl (C=O) groups excluding carboxylic acids is 1. The third-order valence-corrected chi connectivity index (χ3v) is 3.69. The van der Waals surface area contributed by atoms with Gasteiger partial charge in [-0.15, -0.1) is 0 Å². The van der Waals surface area contributed by atoms with Gasteiger partial charge in [0, 0.05) is 17.7 Å². The second kappa shape index (κ2) is 5.73. The molecule has 0 saturated heterocycles. The lowest BCUT2D eigenvalue weighted by Gasteiger charge is -2.08. The second-order valence-electron chi connectivity index (χ2n) is 5.28. The van der Waals surface area contributed by atoms with Gasteiger partial charge in [0.2, 0.25) is 0 Å². The lowest BCUT2D eigenvalue weighted by molar-refractivity contribution is 0.101. The maximum Gasteiger partial charge on any atom is 0.193 e. The molecule has 0 aliphatic carbocycles. The van der Waals surface area contributed by atoms with Crippen molar-refractivity contribution >= 4 is 16.8 Å². The van der Waals surface area contributed by atoms with E-state index < -0.39 is 0 Å². The standard InChI is InChI=1S/C18H14O6/c1-9(19)11-6-12-14(21)7-17(24-18(12)8-13(11)20)10-3-4-16(23-2)15(22)5-10/h3-8,20,22H,1-2H3. The zero-order chi connectivity index (χ0) is 17.4. The maximum atomic E-state index is 12.3. The fourth-order valence-electron chi connectivity index (χ4n) is 2.46. The van der Waals surface area contributed by atoms with E-state index in [2.05, 4.69) is 0 Å². The molecule has 24 heavy (non-hydrogen) atoms. The van der Waals surface area contributed by atoms with Crippen molar-refractivity contribution in [1.82, 2.24) is 0 Å². The van der Waals surface area contributed by atoms with E-state index in [-0.39, 0.29) is 45.0 Å². The number of ether oxygens (including phenoxy) is 1. The predicted octanol–water partition coefficient (Wildman–Crippen LogP) is 3.08. The van der Waals surface area contributed by atoms with E-state index in [9.17, 15) is 19.8 Å². The Morgan fingerprint density at radius 2 is 1.83 bits per heavy atom. The average molecular weight is 326 g/mol. The summed E-state index contributed by atoms with van der Waals surface area (Å²) in [5.74, 6) is -0.176. The van der Waals surface area contributed by atoms with E-state index in [0.29, 0.717) is 11.3 Å². The maximum absolute atomic E-state index is 12.3. The van der Waals surface area contributed by atoms with Crippen molar-refractivity contribution in [2.75, 3.05) is 7.11 Å². The second-order valence-corrected chi connectivity index (χ2v) is 5.28. The first-order valence-electron chi connectivity index (χ1n) is 7.10. The minimum atomic E-state index is -0.357. The molecule has 122 valence electrons. The number of fused-ring (bicyclic) bond motifs is 1. The number of Topliss-reactive ketones (excluding diaryl/α,β-unsaturated/α-hetero) is 1. The Bertz CT molecular complexity index is 1020. The molecule has 0 radical (unpaired) electrons. The van der Waals surface area contributed by atoms with Crippen LogP contribution in [0, 0.1) is 0 Å². The molecule has 2 N–H and O–H groups in total. The van der Waals surface area contributed by atoms with Crippen molar-refractivity contribution in [3.63, 3.8) is 0 Å². The Hall–Kier alpha value is -3.28. The summed E-state index contributed by atoms with van der Waals surface area (Å²) in [4.78, 5) is 23.8.